The highest BCUT2D eigenvalue weighted by Crippen LogP contribution is 2.24. The van der Waals surface area contributed by atoms with Crippen molar-refractivity contribution in [2.75, 3.05) is 11.9 Å². The lowest BCUT2D eigenvalue weighted by molar-refractivity contribution is -0.384. The Labute approximate surface area is 127 Å². The van der Waals surface area contributed by atoms with Crippen LogP contribution in [0.25, 0.3) is 0 Å². The van der Waals surface area contributed by atoms with Crippen LogP contribution in [0, 0.1) is 10.1 Å². The van der Waals surface area contributed by atoms with Gasteiger partial charge in [0, 0.05) is 18.7 Å². The second kappa shape index (κ2) is 7.21. The van der Waals surface area contributed by atoms with Crippen molar-refractivity contribution in [1.29, 1.82) is 0 Å². The second-order valence-corrected chi connectivity index (χ2v) is 4.55. The average molecular weight is 300 g/mol. The third-order valence-corrected chi connectivity index (χ3v) is 3.04. The fraction of sp³-hybridized carbons (Fsp3) is 0.188. The predicted octanol–water partition coefficient (Wildman–Crippen LogP) is 3.38. The summed E-state index contributed by atoms with van der Waals surface area (Å²) in [4.78, 5) is 22.3. The molecule has 0 radical (unpaired) electrons. The summed E-state index contributed by atoms with van der Waals surface area (Å²) in [7, 11) is 0. The predicted molar refractivity (Wildman–Crippen MR) is 82.8 cm³/mol. The van der Waals surface area contributed by atoms with Crippen LogP contribution >= 0.6 is 0 Å². The molecule has 0 aliphatic heterocycles. The molecule has 0 aliphatic carbocycles. The Morgan fingerprint density at radius 3 is 2.59 bits per heavy atom. The number of nitro benzene ring substituents is 1. The Balaban J connectivity index is 2.26. The van der Waals surface area contributed by atoms with Gasteiger partial charge in [-0.05, 0) is 18.6 Å². The topological polar surface area (TPSA) is 81.5 Å². The van der Waals surface area contributed by atoms with Crippen LogP contribution in [0.3, 0.4) is 0 Å². The second-order valence-electron chi connectivity index (χ2n) is 4.55. The number of carbonyl (C=O) groups excluding carboxylic acids is 1. The van der Waals surface area contributed by atoms with Gasteiger partial charge in [0.2, 0.25) is 0 Å². The molecule has 0 amide bonds. The highest BCUT2D eigenvalue weighted by molar-refractivity contribution is 5.96. The maximum atomic E-state index is 11.9. The van der Waals surface area contributed by atoms with Gasteiger partial charge in [0.1, 0.15) is 0 Å². The number of nitrogens with zero attached hydrogens (tertiary/aromatic N) is 1. The summed E-state index contributed by atoms with van der Waals surface area (Å²) >= 11 is 0. The summed E-state index contributed by atoms with van der Waals surface area (Å²) in [6.07, 6.45) is 0. The minimum Gasteiger partial charge on any atom is -0.462 e. The molecule has 0 aromatic heterocycles. The van der Waals surface area contributed by atoms with Gasteiger partial charge in [-0.15, -0.1) is 0 Å². The van der Waals surface area contributed by atoms with E-state index in [2.05, 4.69) is 5.32 Å². The molecule has 0 bridgehead atoms. The number of ether oxygens (including phenoxy) is 1. The highest BCUT2D eigenvalue weighted by atomic mass is 16.6. The third-order valence-electron chi connectivity index (χ3n) is 3.04. The summed E-state index contributed by atoms with van der Waals surface area (Å²) in [6.45, 7) is 2.41. The van der Waals surface area contributed by atoms with Gasteiger partial charge in [0.15, 0.2) is 0 Å². The standard InChI is InChI=1S/C16H16N2O4/c1-2-22-16(19)14-9-8-13(18(20)21)10-15(14)17-11-12-6-4-3-5-7-12/h3-10,17H,2,11H2,1H3. The fourth-order valence-corrected chi connectivity index (χ4v) is 1.97. The molecule has 0 atom stereocenters. The normalized spacial score (nSPS) is 10.0. The SMILES string of the molecule is CCOC(=O)c1ccc([N+](=O)[O-])cc1NCc1ccccc1. The van der Waals surface area contributed by atoms with Crippen molar-refractivity contribution < 1.29 is 14.5 Å². The maximum Gasteiger partial charge on any atom is 0.340 e. The van der Waals surface area contributed by atoms with E-state index in [1.165, 1.54) is 18.2 Å². The molecule has 0 unspecified atom stereocenters. The van der Waals surface area contributed by atoms with Gasteiger partial charge in [-0.1, -0.05) is 30.3 Å². The molecule has 6 nitrogen and oxygen atoms in total. The third kappa shape index (κ3) is 3.82. The van der Waals surface area contributed by atoms with Crippen LogP contribution in [0.4, 0.5) is 11.4 Å². The van der Waals surface area contributed by atoms with Gasteiger partial charge in [0.25, 0.3) is 5.69 Å². The highest BCUT2D eigenvalue weighted by Gasteiger charge is 2.16. The van der Waals surface area contributed by atoms with Crippen LogP contribution in [0.5, 0.6) is 0 Å². The first-order chi connectivity index (χ1) is 10.6. The Kier molecular flexibility index (Phi) is 5.08. The summed E-state index contributed by atoms with van der Waals surface area (Å²) in [6, 6.07) is 13.6. The van der Waals surface area contributed by atoms with Crippen molar-refractivity contribution in [2.45, 2.75) is 13.5 Å². The lowest BCUT2D eigenvalue weighted by atomic mass is 10.1. The maximum absolute atomic E-state index is 11.9. The summed E-state index contributed by atoms with van der Waals surface area (Å²) in [5, 5.41) is 14.0. The minimum absolute atomic E-state index is 0.0800. The number of nitro groups is 1. The first-order valence-corrected chi connectivity index (χ1v) is 6.85. The van der Waals surface area contributed by atoms with Crippen molar-refractivity contribution in [1.82, 2.24) is 0 Å². The van der Waals surface area contributed by atoms with E-state index in [4.69, 9.17) is 4.74 Å². The number of rotatable bonds is 6. The van der Waals surface area contributed by atoms with Crippen molar-refractivity contribution in [3.8, 4) is 0 Å². The van der Waals surface area contributed by atoms with E-state index in [0.717, 1.165) is 5.56 Å². The number of esters is 1. The summed E-state index contributed by atoms with van der Waals surface area (Å²) in [5.41, 5.74) is 1.59. The van der Waals surface area contributed by atoms with E-state index in [9.17, 15) is 14.9 Å². The number of nitrogens with one attached hydrogen (secondary N) is 1. The minimum atomic E-state index is -0.507. The largest absolute Gasteiger partial charge is 0.462 e. The van der Waals surface area contributed by atoms with Gasteiger partial charge >= 0.3 is 5.97 Å². The Morgan fingerprint density at radius 2 is 1.95 bits per heavy atom. The number of benzene rings is 2. The van der Waals surface area contributed by atoms with Crippen LogP contribution in [-0.2, 0) is 11.3 Å². The molecule has 2 aromatic rings. The smallest absolute Gasteiger partial charge is 0.340 e. The van der Waals surface area contributed by atoms with Crippen LogP contribution in [-0.4, -0.2) is 17.5 Å². The number of carbonyl (C=O) groups is 1. The van der Waals surface area contributed by atoms with Gasteiger partial charge in [-0.3, -0.25) is 10.1 Å². The fourth-order valence-electron chi connectivity index (χ4n) is 1.97. The van der Waals surface area contributed by atoms with E-state index < -0.39 is 10.9 Å². The van der Waals surface area contributed by atoms with Gasteiger partial charge < -0.3 is 10.1 Å². The number of anilines is 1. The van der Waals surface area contributed by atoms with E-state index in [1.54, 1.807) is 6.92 Å². The van der Waals surface area contributed by atoms with E-state index in [1.807, 2.05) is 30.3 Å². The van der Waals surface area contributed by atoms with Crippen molar-refractivity contribution in [3.05, 3.63) is 69.8 Å². The lowest BCUT2D eigenvalue weighted by Crippen LogP contribution is -2.10. The Bertz CT molecular complexity index is 671. The van der Waals surface area contributed by atoms with Gasteiger partial charge in [-0.25, -0.2) is 4.79 Å². The molecule has 0 heterocycles. The van der Waals surface area contributed by atoms with E-state index in [-0.39, 0.29) is 17.9 Å². The van der Waals surface area contributed by atoms with Crippen LogP contribution in [0.1, 0.15) is 22.8 Å². The molecule has 0 spiro atoms. The van der Waals surface area contributed by atoms with Gasteiger partial charge in [-0.2, -0.15) is 0 Å². The Hall–Kier alpha value is -2.89. The first-order valence-electron chi connectivity index (χ1n) is 6.85. The molecular weight excluding hydrogens is 284 g/mol. The lowest BCUT2D eigenvalue weighted by Gasteiger charge is -2.11. The molecule has 0 saturated carbocycles. The molecule has 22 heavy (non-hydrogen) atoms. The van der Waals surface area contributed by atoms with Crippen molar-refractivity contribution >= 4 is 17.3 Å². The zero-order valence-corrected chi connectivity index (χ0v) is 12.1. The zero-order chi connectivity index (χ0) is 15.9. The molecule has 2 rings (SSSR count). The molecule has 1 N–H and O–H groups in total. The molecule has 114 valence electrons. The first kappa shape index (κ1) is 15.5. The zero-order valence-electron chi connectivity index (χ0n) is 12.1. The molecule has 6 heteroatoms. The van der Waals surface area contributed by atoms with E-state index >= 15 is 0 Å². The monoisotopic (exact) mass is 300 g/mol. The molecule has 0 aliphatic rings. The number of hydrogen-bond acceptors (Lipinski definition) is 5. The number of non-ortho nitro benzene ring substituents is 1. The van der Waals surface area contributed by atoms with Crippen molar-refractivity contribution in [3.63, 3.8) is 0 Å². The summed E-state index contributed by atoms with van der Waals surface area (Å²) in [5.74, 6) is -0.507. The Morgan fingerprint density at radius 1 is 1.23 bits per heavy atom. The summed E-state index contributed by atoms with van der Waals surface area (Å²) < 4.78 is 4.97. The van der Waals surface area contributed by atoms with Crippen LogP contribution in [0.2, 0.25) is 0 Å². The van der Waals surface area contributed by atoms with Gasteiger partial charge in [0.05, 0.1) is 22.8 Å². The quantitative estimate of drug-likeness (QED) is 0.502. The number of hydrogen-bond donors (Lipinski definition) is 1. The average Bonchev–Trinajstić information content (AvgIpc) is 2.53. The van der Waals surface area contributed by atoms with Crippen molar-refractivity contribution in [2.24, 2.45) is 0 Å². The molecule has 0 fully saturated rings. The van der Waals surface area contributed by atoms with E-state index in [0.29, 0.717) is 12.2 Å². The molecule has 2 aromatic carbocycles. The van der Waals surface area contributed by atoms with Crippen LogP contribution in [0.15, 0.2) is 48.5 Å². The molecule has 0 saturated heterocycles. The van der Waals surface area contributed by atoms with Crippen LogP contribution < -0.4 is 5.32 Å². The molecular formula is C16H16N2O4.